The van der Waals surface area contributed by atoms with E-state index in [-0.39, 0.29) is 0 Å². The lowest BCUT2D eigenvalue weighted by atomic mass is 10.0. The van der Waals surface area contributed by atoms with Crippen LogP contribution in [0.2, 0.25) is 0 Å². The number of hydrogen-bond acceptors (Lipinski definition) is 5. The molecule has 1 N–H and O–H groups in total. The Bertz CT molecular complexity index is 837. The molecule has 0 saturated carbocycles. The highest BCUT2D eigenvalue weighted by Crippen LogP contribution is 2.21. The van der Waals surface area contributed by atoms with Crippen LogP contribution in [-0.4, -0.2) is 15.0 Å². The zero-order chi connectivity index (χ0) is 17.1. The van der Waals surface area contributed by atoms with E-state index in [1.807, 2.05) is 13.8 Å². The van der Waals surface area contributed by atoms with Gasteiger partial charge in [-0.3, -0.25) is 0 Å². The smallest absolute Gasteiger partial charge is 0.133 e. The summed E-state index contributed by atoms with van der Waals surface area (Å²) < 4.78 is 0. The van der Waals surface area contributed by atoms with E-state index in [0.29, 0.717) is 6.54 Å². The van der Waals surface area contributed by atoms with Gasteiger partial charge in [0.05, 0.1) is 17.2 Å². The van der Waals surface area contributed by atoms with E-state index in [2.05, 4.69) is 63.8 Å². The molecule has 0 aliphatic carbocycles. The number of thiazole rings is 1. The maximum atomic E-state index is 4.62. The summed E-state index contributed by atoms with van der Waals surface area (Å²) >= 11 is 1.67. The van der Waals surface area contributed by atoms with Crippen molar-refractivity contribution in [1.82, 2.24) is 15.0 Å². The minimum absolute atomic E-state index is 0.682. The second-order valence-corrected chi connectivity index (χ2v) is 7.12. The number of anilines is 1. The summed E-state index contributed by atoms with van der Waals surface area (Å²) in [4.78, 5) is 13.7. The van der Waals surface area contributed by atoms with E-state index in [1.165, 1.54) is 11.1 Å². The molecule has 1 aromatic carbocycles. The Kier molecular flexibility index (Phi) is 4.90. The van der Waals surface area contributed by atoms with E-state index in [1.54, 1.807) is 11.3 Å². The largest absolute Gasteiger partial charge is 0.364 e. The van der Waals surface area contributed by atoms with Crippen molar-refractivity contribution in [3.63, 3.8) is 0 Å². The molecule has 0 bridgehead atoms. The van der Waals surface area contributed by atoms with Crippen molar-refractivity contribution >= 4 is 17.2 Å². The van der Waals surface area contributed by atoms with Gasteiger partial charge in [-0.1, -0.05) is 29.8 Å². The van der Waals surface area contributed by atoms with Crippen molar-refractivity contribution in [2.45, 2.75) is 40.7 Å². The van der Waals surface area contributed by atoms with E-state index >= 15 is 0 Å². The number of nitrogens with zero attached hydrogens (tertiary/aromatic N) is 3. The van der Waals surface area contributed by atoms with Gasteiger partial charge in [0.1, 0.15) is 11.6 Å². The van der Waals surface area contributed by atoms with E-state index < -0.39 is 0 Å². The van der Waals surface area contributed by atoms with Crippen molar-refractivity contribution in [2.24, 2.45) is 0 Å². The van der Waals surface area contributed by atoms with Gasteiger partial charge in [0, 0.05) is 23.1 Å². The fourth-order valence-corrected chi connectivity index (χ4v) is 3.28. The molecule has 5 heteroatoms. The summed E-state index contributed by atoms with van der Waals surface area (Å²) in [5.41, 5.74) is 5.76. The van der Waals surface area contributed by atoms with Crippen molar-refractivity contribution in [1.29, 1.82) is 0 Å². The monoisotopic (exact) mass is 338 g/mol. The normalized spacial score (nSPS) is 10.8. The maximum absolute atomic E-state index is 4.62. The standard InChI is InChI=1S/C19H22N4S/c1-12-5-7-16(8-6-12)9-18-13(2)21-14(3)22-19(18)20-10-17-11-24-15(4)23-17/h5-8,11H,9-10H2,1-4H3,(H,20,21,22). The van der Waals surface area contributed by atoms with Crippen LogP contribution in [-0.2, 0) is 13.0 Å². The first kappa shape index (κ1) is 16.6. The first-order valence-electron chi connectivity index (χ1n) is 8.06. The van der Waals surface area contributed by atoms with Gasteiger partial charge in [0.2, 0.25) is 0 Å². The average Bonchev–Trinajstić information content (AvgIpc) is 2.95. The Morgan fingerprint density at radius 2 is 1.71 bits per heavy atom. The molecule has 0 unspecified atom stereocenters. The molecule has 0 fully saturated rings. The van der Waals surface area contributed by atoms with Crippen LogP contribution < -0.4 is 5.32 Å². The molecule has 0 radical (unpaired) electrons. The van der Waals surface area contributed by atoms with Crippen molar-refractivity contribution in [3.8, 4) is 0 Å². The van der Waals surface area contributed by atoms with Gasteiger partial charge in [-0.15, -0.1) is 11.3 Å². The van der Waals surface area contributed by atoms with Crippen molar-refractivity contribution in [2.75, 3.05) is 5.32 Å². The number of benzene rings is 1. The van der Waals surface area contributed by atoms with Crippen LogP contribution >= 0.6 is 11.3 Å². The predicted octanol–water partition coefficient (Wildman–Crippen LogP) is 4.37. The Morgan fingerprint density at radius 3 is 2.38 bits per heavy atom. The molecule has 2 aromatic heterocycles. The molecule has 4 nitrogen and oxygen atoms in total. The molecule has 3 rings (SSSR count). The molecular formula is C19H22N4S. The quantitative estimate of drug-likeness (QED) is 0.750. The van der Waals surface area contributed by atoms with Crippen molar-refractivity contribution in [3.05, 3.63) is 68.6 Å². The van der Waals surface area contributed by atoms with E-state index in [9.17, 15) is 0 Å². The number of rotatable bonds is 5. The van der Waals surface area contributed by atoms with Crippen LogP contribution in [0, 0.1) is 27.7 Å². The molecule has 2 heterocycles. The molecule has 0 spiro atoms. The summed E-state index contributed by atoms with van der Waals surface area (Å²) in [5, 5.41) is 6.62. The second kappa shape index (κ2) is 7.09. The number of aromatic nitrogens is 3. The molecule has 124 valence electrons. The third-order valence-electron chi connectivity index (χ3n) is 3.93. The highest BCUT2D eigenvalue weighted by molar-refractivity contribution is 7.09. The van der Waals surface area contributed by atoms with Crippen molar-refractivity contribution < 1.29 is 0 Å². The number of aryl methyl sites for hydroxylation is 4. The molecule has 0 saturated heterocycles. The summed E-state index contributed by atoms with van der Waals surface area (Å²) in [7, 11) is 0. The lowest BCUT2D eigenvalue weighted by Crippen LogP contribution is -2.10. The van der Waals surface area contributed by atoms with Gasteiger partial charge < -0.3 is 5.32 Å². The van der Waals surface area contributed by atoms with Crippen LogP contribution in [0.5, 0.6) is 0 Å². The maximum Gasteiger partial charge on any atom is 0.133 e. The minimum atomic E-state index is 0.682. The van der Waals surface area contributed by atoms with Crippen LogP contribution in [0.15, 0.2) is 29.6 Å². The van der Waals surface area contributed by atoms with E-state index in [4.69, 9.17) is 0 Å². The SMILES string of the molecule is Cc1ccc(Cc2c(C)nc(C)nc2NCc2csc(C)n2)cc1. The second-order valence-electron chi connectivity index (χ2n) is 6.06. The summed E-state index contributed by atoms with van der Waals surface area (Å²) in [6.07, 6.45) is 0.824. The van der Waals surface area contributed by atoms with Crippen LogP contribution in [0.25, 0.3) is 0 Å². The summed E-state index contributed by atoms with van der Waals surface area (Å²) in [5.74, 6) is 1.70. The molecule has 24 heavy (non-hydrogen) atoms. The number of nitrogens with one attached hydrogen (secondary N) is 1. The Labute approximate surface area is 147 Å². The molecule has 0 atom stereocenters. The predicted molar refractivity (Wildman–Crippen MR) is 99.7 cm³/mol. The average molecular weight is 338 g/mol. The highest BCUT2D eigenvalue weighted by Gasteiger charge is 2.11. The van der Waals surface area contributed by atoms with Gasteiger partial charge >= 0.3 is 0 Å². The highest BCUT2D eigenvalue weighted by atomic mass is 32.1. The number of hydrogen-bond donors (Lipinski definition) is 1. The molecule has 0 aliphatic rings. The Morgan fingerprint density at radius 1 is 0.958 bits per heavy atom. The van der Waals surface area contributed by atoms with Gasteiger partial charge in [0.25, 0.3) is 0 Å². The fourth-order valence-electron chi connectivity index (χ4n) is 2.67. The Hall–Kier alpha value is -2.27. The summed E-state index contributed by atoms with van der Waals surface area (Å²) in [6, 6.07) is 8.63. The third-order valence-corrected chi connectivity index (χ3v) is 4.75. The minimum Gasteiger partial charge on any atom is -0.364 e. The van der Waals surface area contributed by atoms with Crippen LogP contribution in [0.4, 0.5) is 5.82 Å². The first-order valence-corrected chi connectivity index (χ1v) is 8.94. The lowest BCUT2D eigenvalue weighted by molar-refractivity contribution is 0.938. The molecule has 0 amide bonds. The third kappa shape index (κ3) is 3.97. The van der Waals surface area contributed by atoms with Gasteiger partial charge in [0.15, 0.2) is 0 Å². The van der Waals surface area contributed by atoms with Gasteiger partial charge in [-0.2, -0.15) is 0 Å². The zero-order valence-electron chi connectivity index (χ0n) is 14.6. The van der Waals surface area contributed by atoms with Crippen LogP contribution in [0.3, 0.4) is 0 Å². The molecular weight excluding hydrogens is 316 g/mol. The topological polar surface area (TPSA) is 50.7 Å². The van der Waals surface area contributed by atoms with E-state index in [0.717, 1.165) is 40.0 Å². The first-order chi connectivity index (χ1) is 11.5. The summed E-state index contributed by atoms with van der Waals surface area (Å²) in [6.45, 7) is 8.79. The van der Waals surface area contributed by atoms with Gasteiger partial charge in [-0.05, 0) is 33.3 Å². The lowest BCUT2D eigenvalue weighted by Gasteiger charge is -2.14. The molecule has 0 aliphatic heterocycles. The fraction of sp³-hybridized carbons (Fsp3) is 0.316. The van der Waals surface area contributed by atoms with Crippen LogP contribution in [0.1, 0.15) is 38.9 Å². The zero-order valence-corrected chi connectivity index (χ0v) is 15.4. The molecule has 3 aromatic rings. The van der Waals surface area contributed by atoms with Gasteiger partial charge in [-0.25, -0.2) is 15.0 Å². The Balaban J connectivity index is 1.85.